The SMILES string of the molecule is Cc1cc(N2CCSCC2C(=O)O)c2ccccc2n1. The molecule has 3 rings (SSSR count). The van der Waals surface area contributed by atoms with Crippen LogP contribution in [0.5, 0.6) is 0 Å². The predicted molar refractivity (Wildman–Crippen MR) is 82.6 cm³/mol. The second-order valence-corrected chi connectivity index (χ2v) is 6.07. The molecule has 1 aromatic heterocycles. The van der Waals surface area contributed by atoms with Crippen molar-refractivity contribution in [3.05, 3.63) is 36.0 Å². The van der Waals surface area contributed by atoms with Gasteiger partial charge >= 0.3 is 5.97 Å². The van der Waals surface area contributed by atoms with Crippen molar-refractivity contribution < 1.29 is 9.90 Å². The van der Waals surface area contributed by atoms with Crippen LogP contribution in [-0.4, -0.2) is 40.2 Å². The number of aryl methyl sites for hydroxylation is 1. The number of carboxylic acid groups (broad SMARTS) is 1. The summed E-state index contributed by atoms with van der Waals surface area (Å²) in [6.07, 6.45) is 0. The summed E-state index contributed by atoms with van der Waals surface area (Å²) in [7, 11) is 0. The quantitative estimate of drug-likeness (QED) is 0.920. The first-order valence-electron chi connectivity index (χ1n) is 6.60. The topological polar surface area (TPSA) is 53.4 Å². The Morgan fingerprint density at radius 3 is 3.05 bits per heavy atom. The maximum absolute atomic E-state index is 11.5. The molecule has 2 heterocycles. The van der Waals surface area contributed by atoms with Crippen molar-refractivity contribution in [2.24, 2.45) is 0 Å². The van der Waals surface area contributed by atoms with Crippen LogP contribution in [0, 0.1) is 6.92 Å². The largest absolute Gasteiger partial charge is 0.480 e. The number of aliphatic carboxylic acids is 1. The fourth-order valence-corrected chi connectivity index (χ4v) is 3.66. The second kappa shape index (κ2) is 5.32. The van der Waals surface area contributed by atoms with E-state index in [9.17, 15) is 9.90 Å². The highest BCUT2D eigenvalue weighted by Gasteiger charge is 2.30. The summed E-state index contributed by atoms with van der Waals surface area (Å²) in [5.74, 6) is 0.834. The van der Waals surface area contributed by atoms with Crippen LogP contribution in [0.25, 0.3) is 10.9 Å². The highest BCUT2D eigenvalue weighted by molar-refractivity contribution is 7.99. The van der Waals surface area contributed by atoms with Crippen LogP contribution in [0.4, 0.5) is 5.69 Å². The van der Waals surface area contributed by atoms with Crippen molar-refractivity contribution in [1.29, 1.82) is 0 Å². The fourth-order valence-electron chi connectivity index (χ4n) is 2.62. The van der Waals surface area contributed by atoms with Gasteiger partial charge in [-0.15, -0.1) is 0 Å². The van der Waals surface area contributed by atoms with E-state index >= 15 is 0 Å². The molecule has 0 aliphatic carbocycles. The number of benzene rings is 1. The van der Waals surface area contributed by atoms with Gasteiger partial charge in [-0.05, 0) is 19.1 Å². The van der Waals surface area contributed by atoms with E-state index in [2.05, 4.69) is 4.98 Å². The average Bonchev–Trinajstić information content (AvgIpc) is 2.46. The van der Waals surface area contributed by atoms with Crippen molar-refractivity contribution in [2.45, 2.75) is 13.0 Å². The molecule has 20 heavy (non-hydrogen) atoms. The first kappa shape index (κ1) is 13.2. The number of anilines is 1. The number of hydrogen-bond donors (Lipinski definition) is 1. The highest BCUT2D eigenvalue weighted by atomic mass is 32.2. The van der Waals surface area contributed by atoms with Crippen molar-refractivity contribution in [3.63, 3.8) is 0 Å². The Kier molecular flexibility index (Phi) is 3.53. The number of carbonyl (C=O) groups is 1. The number of nitrogens with zero attached hydrogens (tertiary/aromatic N) is 2. The fraction of sp³-hybridized carbons (Fsp3) is 0.333. The van der Waals surface area contributed by atoms with Gasteiger partial charge < -0.3 is 10.0 Å². The van der Waals surface area contributed by atoms with Gasteiger partial charge in [-0.1, -0.05) is 18.2 Å². The van der Waals surface area contributed by atoms with Gasteiger partial charge in [-0.3, -0.25) is 4.98 Å². The maximum atomic E-state index is 11.5. The third-order valence-corrected chi connectivity index (χ3v) is 4.57. The van der Waals surface area contributed by atoms with Gasteiger partial charge in [0.05, 0.1) is 5.52 Å². The third kappa shape index (κ3) is 2.33. The molecule has 1 aromatic carbocycles. The summed E-state index contributed by atoms with van der Waals surface area (Å²) in [4.78, 5) is 18.0. The van der Waals surface area contributed by atoms with E-state index in [-0.39, 0.29) is 0 Å². The van der Waals surface area contributed by atoms with Crippen LogP contribution in [0.15, 0.2) is 30.3 Å². The first-order valence-corrected chi connectivity index (χ1v) is 7.76. The standard InChI is InChI=1S/C15H16N2O2S/c1-10-8-13(11-4-2-3-5-12(11)16-10)17-6-7-20-9-14(17)15(18)19/h2-5,8,14H,6-7,9H2,1H3,(H,18,19). The summed E-state index contributed by atoms with van der Waals surface area (Å²) in [6.45, 7) is 2.71. The van der Waals surface area contributed by atoms with E-state index in [1.807, 2.05) is 42.2 Å². The van der Waals surface area contributed by atoms with Gasteiger partial charge in [-0.25, -0.2) is 4.79 Å². The van der Waals surface area contributed by atoms with Gasteiger partial charge in [0.15, 0.2) is 0 Å². The van der Waals surface area contributed by atoms with Crippen LogP contribution in [-0.2, 0) is 4.79 Å². The molecule has 1 N–H and O–H groups in total. The monoisotopic (exact) mass is 288 g/mol. The smallest absolute Gasteiger partial charge is 0.327 e. The molecular weight excluding hydrogens is 272 g/mol. The molecule has 5 heteroatoms. The Labute approximate surface area is 121 Å². The van der Waals surface area contributed by atoms with Crippen molar-refractivity contribution >= 4 is 34.3 Å². The Balaban J connectivity index is 2.14. The first-order chi connectivity index (χ1) is 9.66. The van der Waals surface area contributed by atoms with Crippen LogP contribution in [0.3, 0.4) is 0 Å². The molecule has 1 saturated heterocycles. The minimum Gasteiger partial charge on any atom is -0.480 e. The van der Waals surface area contributed by atoms with E-state index in [1.54, 1.807) is 11.8 Å². The molecule has 104 valence electrons. The van der Waals surface area contributed by atoms with E-state index in [0.717, 1.165) is 34.6 Å². The van der Waals surface area contributed by atoms with Gasteiger partial charge in [0.2, 0.25) is 0 Å². The van der Waals surface area contributed by atoms with Gasteiger partial charge in [0.25, 0.3) is 0 Å². The lowest BCUT2D eigenvalue weighted by atomic mass is 10.1. The summed E-state index contributed by atoms with van der Waals surface area (Å²) in [6, 6.07) is 9.45. The van der Waals surface area contributed by atoms with Crippen molar-refractivity contribution in [3.8, 4) is 0 Å². The Hall–Kier alpha value is -1.75. The molecular formula is C15H16N2O2S. The number of hydrogen-bond acceptors (Lipinski definition) is 4. The number of aromatic nitrogens is 1. The number of thioether (sulfide) groups is 1. The minimum absolute atomic E-state index is 0.459. The average molecular weight is 288 g/mol. The molecule has 0 bridgehead atoms. The van der Waals surface area contributed by atoms with Crippen LogP contribution in [0.1, 0.15) is 5.69 Å². The van der Waals surface area contributed by atoms with Crippen LogP contribution < -0.4 is 4.90 Å². The number of pyridine rings is 1. The van der Waals surface area contributed by atoms with E-state index < -0.39 is 12.0 Å². The lowest BCUT2D eigenvalue weighted by Gasteiger charge is -2.35. The van der Waals surface area contributed by atoms with E-state index in [0.29, 0.717) is 5.75 Å². The highest BCUT2D eigenvalue weighted by Crippen LogP contribution is 2.31. The molecule has 1 aliphatic heterocycles. The zero-order valence-electron chi connectivity index (χ0n) is 11.2. The number of fused-ring (bicyclic) bond motifs is 1. The van der Waals surface area contributed by atoms with Gasteiger partial charge in [-0.2, -0.15) is 11.8 Å². The Morgan fingerprint density at radius 2 is 2.25 bits per heavy atom. The molecule has 0 radical (unpaired) electrons. The van der Waals surface area contributed by atoms with Gasteiger partial charge in [0, 0.05) is 34.8 Å². The second-order valence-electron chi connectivity index (χ2n) is 4.92. The minimum atomic E-state index is -0.754. The molecule has 4 nitrogen and oxygen atoms in total. The van der Waals surface area contributed by atoms with Crippen molar-refractivity contribution in [2.75, 3.05) is 23.0 Å². The zero-order valence-corrected chi connectivity index (χ0v) is 12.1. The molecule has 1 aliphatic rings. The van der Waals surface area contributed by atoms with Gasteiger partial charge in [0.1, 0.15) is 6.04 Å². The van der Waals surface area contributed by atoms with Crippen molar-refractivity contribution in [1.82, 2.24) is 4.98 Å². The predicted octanol–water partition coefficient (Wildman–Crippen LogP) is 2.55. The summed E-state index contributed by atoms with van der Waals surface area (Å²) in [5.41, 5.74) is 2.83. The zero-order chi connectivity index (χ0) is 14.1. The normalized spacial score (nSPS) is 19.2. The Morgan fingerprint density at radius 1 is 1.45 bits per heavy atom. The lowest BCUT2D eigenvalue weighted by Crippen LogP contribution is -2.47. The number of para-hydroxylation sites is 1. The summed E-state index contributed by atoms with van der Waals surface area (Å²) < 4.78 is 0. The van der Waals surface area contributed by atoms with E-state index in [1.165, 1.54) is 0 Å². The molecule has 1 atom stereocenters. The molecule has 2 aromatic rings. The van der Waals surface area contributed by atoms with Crippen LogP contribution >= 0.6 is 11.8 Å². The molecule has 1 unspecified atom stereocenters. The molecule has 0 saturated carbocycles. The molecule has 0 amide bonds. The number of carboxylic acids is 1. The Bertz CT molecular complexity index is 659. The summed E-state index contributed by atoms with van der Waals surface area (Å²) in [5, 5.41) is 10.5. The van der Waals surface area contributed by atoms with E-state index in [4.69, 9.17) is 0 Å². The lowest BCUT2D eigenvalue weighted by molar-refractivity contribution is -0.138. The van der Waals surface area contributed by atoms with Crippen LogP contribution in [0.2, 0.25) is 0 Å². The number of rotatable bonds is 2. The molecule has 1 fully saturated rings. The third-order valence-electron chi connectivity index (χ3n) is 3.55. The maximum Gasteiger partial charge on any atom is 0.327 e. The molecule has 0 spiro atoms. The summed E-state index contributed by atoms with van der Waals surface area (Å²) >= 11 is 1.70.